The zero-order chi connectivity index (χ0) is 15.9. The minimum Gasteiger partial charge on any atom is -0.490 e. The van der Waals surface area contributed by atoms with E-state index in [4.69, 9.17) is 14.2 Å². The molecule has 0 saturated heterocycles. The molecule has 0 bridgehead atoms. The summed E-state index contributed by atoms with van der Waals surface area (Å²) in [6.07, 6.45) is 0.848. The molecule has 122 valence electrons. The number of rotatable bonds is 6. The summed E-state index contributed by atoms with van der Waals surface area (Å²) >= 11 is 0. The number of fused-ring (bicyclic) bond motifs is 1. The predicted octanol–water partition coefficient (Wildman–Crippen LogP) is 2.64. The molecule has 1 aliphatic rings. The molecule has 0 aromatic heterocycles. The molecule has 2 rings (SSSR count). The average molecular weight is 307 g/mol. The topological polar surface area (TPSA) is 56.8 Å². The van der Waals surface area contributed by atoms with Gasteiger partial charge in [0.2, 0.25) is 0 Å². The average Bonchev–Trinajstić information content (AvgIpc) is 2.71. The van der Waals surface area contributed by atoms with Gasteiger partial charge >= 0.3 is 0 Å². The van der Waals surface area contributed by atoms with Crippen molar-refractivity contribution in [2.24, 2.45) is 5.92 Å². The van der Waals surface area contributed by atoms with E-state index >= 15 is 0 Å². The minimum atomic E-state index is -0.128. The Morgan fingerprint density at radius 2 is 1.91 bits per heavy atom. The van der Waals surface area contributed by atoms with Crippen LogP contribution in [0.3, 0.4) is 0 Å². The predicted molar refractivity (Wildman–Crippen MR) is 84.6 cm³/mol. The van der Waals surface area contributed by atoms with Crippen LogP contribution in [0.1, 0.15) is 37.6 Å². The summed E-state index contributed by atoms with van der Waals surface area (Å²) in [4.78, 5) is 12.3. The number of benzene rings is 1. The fraction of sp³-hybridized carbons (Fsp3) is 0.588. The highest BCUT2D eigenvalue weighted by Gasteiger charge is 2.15. The molecule has 0 spiro atoms. The zero-order valence-electron chi connectivity index (χ0n) is 13.6. The van der Waals surface area contributed by atoms with Crippen LogP contribution in [0.5, 0.6) is 11.5 Å². The van der Waals surface area contributed by atoms with Crippen molar-refractivity contribution in [1.29, 1.82) is 0 Å². The van der Waals surface area contributed by atoms with Gasteiger partial charge in [-0.2, -0.15) is 0 Å². The van der Waals surface area contributed by atoms with Crippen LogP contribution in [0, 0.1) is 5.92 Å². The molecule has 1 amide bonds. The fourth-order valence-electron chi connectivity index (χ4n) is 2.13. The number of ether oxygens (including phenoxy) is 3. The summed E-state index contributed by atoms with van der Waals surface area (Å²) < 4.78 is 16.7. The van der Waals surface area contributed by atoms with Gasteiger partial charge < -0.3 is 19.5 Å². The van der Waals surface area contributed by atoms with Crippen molar-refractivity contribution < 1.29 is 19.0 Å². The Morgan fingerprint density at radius 3 is 2.64 bits per heavy atom. The number of amides is 1. The van der Waals surface area contributed by atoms with Gasteiger partial charge in [-0.1, -0.05) is 13.8 Å². The van der Waals surface area contributed by atoms with Crippen molar-refractivity contribution in [3.05, 3.63) is 23.8 Å². The van der Waals surface area contributed by atoms with Crippen molar-refractivity contribution in [3.63, 3.8) is 0 Å². The molecule has 1 aromatic carbocycles. The summed E-state index contributed by atoms with van der Waals surface area (Å²) in [5.41, 5.74) is 0.569. The van der Waals surface area contributed by atoms with Crippen molar-refractivity contribution in [3.8, 4) is 11.5 Å². The second-order valence-electron chi connectivity index (χ2n) is 6.02. The van der Waals surface area contributed by atoms with Crippen molar-refractivity contribution in [2.45, 2.75) is 33.2 Å². The first-order valence-corrected chi connectivity index (χ1v) is 7.84. The molecule has 1 unspecified atom stereocenters. The van der Waals surface area contributed by atoms with E-state index in [9.17, 15) is 4.79 Å². The van der Waals surface area contributed by atoms with E-state index in [1.807, 2.05) is 6.92 Å². The van der Waals surface area contributed by atoms with Gasteiger partial charge in [-0.05, 0) is 31.0 Å². The van der Waals surface area contributed by atoms with E-state index in [0.717, 1.165) is 6.42 Å². The van der Waals surface area contributed by atoms with Crippen LogP contribution in [-0.4, -0.2) is 38.4 Å². The van der Waals surface area contributed by atoms with Gasteiger partial charge in [0.05, 0.1) is 19.8 Å². The number of hydrogen-bond acceptors (Lipinski definition) is 4. The lowest BCUT2D eigenvalue weighted by Crippen LogP contribution is -2.36. The second-order valence-corrected chi connectivity index (χ2v) is 6.02. The van der Waals surface area contributed by atoms with E-state index in [-0.39, 0.29) is 11.9 Å². The second kappa shape index (κ2) is 8.03. The van der Waals surface area contributed by atoms with E-state index < -0.39 is 0 Å². The third-order valence-electron chi connectivity index (χ3n) is 3.21. The van der Waals surface area contributed by atoms with Crippen molar-refractivity contribution in [1.82, 2.24) is 5.32 Å². The van der Waals surface area contributed by atoms with Gasteiger partial charge in [0.1, 0.15) is 0 Å². The van der Waals surface area contributed by atoms with Crippen LogP contribution >= 0.6 is 0 Å². The molecule has 0 fully saturated rings. The number of carbonyl (C=O) groups excluding carboxylic acids is 1. The Morgan fingerprint density at radius 1 is 1.18 bits per heavy atom. The Balaban J connectivity index is 1.90. The third-order valence-corrected chi connectivity index (χ3v) is 3.21. The molecular formula is C17H25NO4. The molecular weight excluding hydrogens is 282 g/mol. The first-order chi connectivity index (χ1) is 10.6. The van der Waals surface area contributed by atoms with Gasteiger partial charge in [0.25, 0.3) is 5.91 Å². The normalized spacial score (nSPS) is 15.3. The van der Waals surface area contributed by atoms with E-state index in [0.29, 0.717) is 49.4 Å². The Kier molecular flexibility index (Phi) is 6.07. The monoisotopic (exact) mass is 307 g/mol. The summed E-state index contributed by atoms with van der Waals surface area (Å²) in [7, 11) is 0. The maximum absolute atomic E-state index is 12.3. The summed E-state index contributed by atoms with van der Waals surface area (Å²) in [5.74, 6) is 1.69. The van der Waals surface area contributed by atoms with Crippen LogP contribution in [0.15, 0.2) is 18.2 Å². The van der Waals surface area contributed by atoms with Gasteiger partial charge in [-0.25, -0.2) is 0 Å². The summed E-state index contributed by atoms with van der Waals surface area (Å²) in [6, 6.07) is 5.24. The lowest BCUT2D eigenvalue weighted by molar-refractivity contribution is 0.0791. The fourth-order valence-corrected chi connectivity index (χ4v) is 2.13. The van der Waals surface area contributed by atoms with E-state index in [2.05, 4.69) is 19.2 Å². The quantitative estimate of drug-likeness (QED) is 0.878. The number of nitrogens with one attached hydrogen (secondary N) is 1. The third kappa shape index (κ3) is 4.91. The minimum absolute atomic E-state index is 0.0396. The molecule has 5 nitrogen and oxygen atoms in total. The molecule has 0 saturated carbocycles. The highest BCUT2D eigenvalue weighted by Crippen LogP contribution is 2.30. The largest absolute Gasteiger partial charge is 0.490 e. The molecule has 22 heavy (non-hydrogen) atoms. The lowest BCUT2D eigenvalue weighted by atomic mass is 10.1. The number of hydrogen-bond donors (Lipinski definition) is 1. The van der Waals surface area contributed by atoms with Gasteiger partial charge in [-0.15, -0.1) is 0 Å². The molecule has 0 radical (unpaired) electrons. The van der Waals surface area contributed by atoms with Crippen LogP contribution in [0.4, 0.5) is 0 Å². The highest BCUT2D eigenvalue weighted by atomic mass is 16.5. The Bertz CT molecular complexity index is 501. The van der Waals surface area contributed by atoms with Crippen LogP contribution in [-0.2, 0) is 4.74 Å². The van der Waals surface area contributed by atoms with Crippen LogP contribution < -0.4 is 14.8 Å². The zero-order valence-corrected chi connectivity index (χ0v) is 13.6. The van der Waals surface area contributed by atoms with Crippen LogP contribution in [0.2, 0.25) is 0 Å². The molecule has 1 atom stereocenters. The molecule has 0 aliphatic carbocycles. The van der Waals surface area contributed by atoms with Crippen molar-refractivity contribution in [2.75, 3.05) is 26.4 Å². The van der Waals surface area contributed by atoms with Gasteiger partial charge in [0.15, 0.2) is 11.5 Å². The molecule has 5 heteroatoms. The van der Waals surface area contributed by atoms with Crippen LogP contribution in [0.25, 0.3) is 0 Å². The van der Waals surface area contributed by atoms with Gasteiger partial charge in [-0.3, -0.25) is 4.79 Å². The number of carbonyl (C=O) groups is 1. The maximum atomic E-state index is 12.3. The molecule has 1 aromatic rings. The SMILES string of the molecule is CC(C)COCC(C)NC(=O)c1ccc2c(c1)OCCCO2. The smallest absolute Gasteiger partial charge is 0.251 e. The van der Waals surface area contributed by atoms with Gasteiger partial charge in [0, 0.05) is 24.6 Å². The first kappa shape index (κ1) is 16.6. The maximum Gasteiger partial charge on any atom is 0.251 e. The van der Waals surface area contributed by atoms with E-state index in [1.165, 1.54) is 0 Å². The first-order valence-electron chi connectivity index (χ1n) is 7.84. The van der Waals surface area contributed by atoms with Crippen molar-refractivity contribution >= 4 is 5.91 Å². The molecule has 1 aliphatic heterocycles. The molecule has 1 N–H and O–H groups in total. The standard InChI is InChI=1S/C17H25NO4/c1-12(2)10-20-11-13(3)18-17(19)14-5-6-15-16(9-14)22-8-4-7-21-15/h5-6,9,12-13H,4,7-8,10-11H2,1-3H3,(H,18,19). The molecule has 1 heterocycles. The lowest BCUT2D eigenvalue weighted by Gasteiger charge is -2.16. The van der Waals surface area contributed by atoms with E-state index in [1.54, 1.807) is 18.2 Å². The summed E-state index contributed by atoms with van der Waals surface area (Å²) in [5, 5.41) is 2.93. The summed E-state index contributed by atoms with van der Waals surface area (Å²) in [6.45, 7) is 8.59. The Hall–Kier alpha value is -1.75. The Labute approximate surface area is 131 Å². The highest BCUT2D eigenvalue weighted by molar-refractivity contribution is 5.95.